The van der Waals surface area contributed by atoms with Gasteiger partial charge >= 0.3 is 6.18 Å². The van der Waals surface area contributed by atoms with Crippen LogP contribution in [0.2, 0.25) is 0 Å². The summed E-state index contributed by atoms with van der Waals surface area (Å²) < 4.78 is 37.2. The number of anilines is 1. The number of aromatic nitrogens is 1. The van der Waals surface area contributed by atoms with E-state index in [1.807, 2.05) is 6.07 Å². The molecule has 2 rings (SSSR count). The Morgan fingerprint density at radius 2 is 1.80 bits per heavy atom. The van der Waals surface area contributed by atoms with Crippen LogP contribution < -0.4 is 5.32 Å². The molecule has 1 aromatic carbocycles. The van der Waals surface area contributed by atoms with Crippen LogP contribution in [-0.2, 0) is 12.7 Å². The maximum absolute atomic E-state index is 12.4. The minimum absolute atomic E-state index is 0.358. The van der Waals surface area contributed by atoms with Gasteiger partial charge in [0, 0.05) is 12.7 Å². The van der Waals surface area contributed by atoms with Gasteiger partial charge in [-0.3, -0.25) is 0 Å². The van der Waals surface area contributed by atoms with E-state index in [2.05, 4.69) is 10.3 Å². The van der Waals surface area contributed by atoms with Crippen LogP contribution in [-0.4, -0.2) is 4.98 Å². The topological polar surface area (TPSA) is 48.7 Å². The van der Waals surface area contributed by atoms with E-state index in [4.69, 9.17) is 5.26 Å². The van der Waals surface area contributed by atoms with Crippen LogP contribution in [0.25, 0.3) is 0 Å². The third-order valence-electron chi connectivity index (χ3n) is 2.65. The SMILES string of the molecule is N#Cc1ccc(NCc2ccc(C(F)(F)F)cc2)nc1. The van der Waals surface area contributed by atoms with E-state index < -0.39 is 11.7 Å². The Kier molecular flexibility index (Phi) is 3.89. The van der Waals surface area contributed by atoms with Crippen molar-refractivity contribution in [3.63, 3.8) is 0 Å². The van der Waals surface area contributed by atoms with Crippen LogP contribution in [0, 0.1) is 11.3 Å². The van der Waals surface area contributed by atoms with E-state index in [0.717, 1.165) is 12.1 Å². The molecule has 1 aromatic heterocycles. The summed E-state index contributed by atoms with van der Waals surface area (Å²) in [4.78, 5) is 4.01. The van der Waals surface area contributed by atoms with Crippen molar-refractivity contribution in [3.8, 4) is 6.07 Å². The molecule has 102 valence electrons. The molecule has 0 saturated carbocycles. The second-order valence-corrected chi connectivity index (χ2v) is 4.09. The highest BCUT2D eigenvalue weighted by Crippen LogP contribution is 2.29. The number of nitrogens with zero attached hydrogens (tertiary/aromatic N) is 2. The van der Waals surface area contributed by atoms with Crippen molar-refractivity contribution in [2.45, 2.75) is 12.7 Å². The lowest BCUT2D eigenvalue weighted by Gasteiger charge is -2.08. The Labute approximate surface area is 113 Å². The number of nitrogens with one attached hydrogen (secondary N) is 1. The smallest absolute Gasteiger partial charge is 0.366 e. The maximum atomic E-state index is 12.4. The fourth-order valence-electron chi connectivity index (χ4n) is 1.57. The molecule has 0 atom stereocenters. The van der Waals surface area contributed by atoms with Gasteiger partial charge in [0.15, 0.2) is 0 Å². The van der Waals surface area contributed by atoms with Crippen molar-refractivity contribution in [1.82, 2.24) is 4.98 Å². The number of hydrogen-bond acceptors (Lipinski definition) is 3. The summed E-state index contributed by atoms with van der Waals surface area (Å²) in [5, 5.41) is 11.6. The number of alkyl halides is 3. The Bertz CT molecular complexity index is 610. The lowest BCUT2D eigenvalue weighted by atomic mass is 10.1. The van der Waals surface area contributed by atoms with Crippen molar-refractivity contribution in [3.05, 3.63) is 59.3 Å². The summed E-state index contributed by atoms with van der Waals surface area (Å²) in [7, 11) is 0. The van der Waals surface area contributed by atoms with Crippen molar-refractivity contribution >= 4 is 5.82 Å². The van der Waals surface area contributed by atoms with Crippen LogP contribution in [0.3, 0.4) is 0 Å². The van der Waals surface area contributed by atoms with E-state index in [0.29, 0.717) is 23.5 Å². The maximum Gasteiger partial charge on any atom is 0.416 e. The van der Waals surface area contributed by atoms with Crippen LogP contribution >= 0.6 is 0 Å². The van der Waals surface area contributed by atoms with Crippen LogP contribution in [0.15, 0.2) is 42.6 Å². The van der Waals surface area contributed by atoms with Crippen LogP contribution in [0.4, 0.5) is 19.0 Å². The van der Waals surface area contributed by atoms with Crippen LogP contribution in [0.1, 0.15) is 16.7 Å². The van der Waals surface area contributed by atoms with Crippen molar-refractivity contribution < 1.29 is 13.2 Å². The molecule has 0 fully saturated rings. The summed E-state index contributed by atoms with van der Waals surface area (Å²) in [6.07, 6.45) is -2.89. The first-order valence-electron chi connectivity index (χ1n) is 5.75. The molecular weight excluding hydrogens is 267 g/mol. The lowest BCUT2D eigenvalue weighted by Crippen LogP contribution is -2.06. The molecule has 0 aliphatic rings. The second kappa shape index (κ2) is 5.61. The first kappa shape index (κ1) is 13.9. The molecule has 0 spiro atoms. The first-order valence-corrected chi connectivity index (χ1v) is 5.75. The molecule has 6 heteroatoms. The highest BCUT2D eigenvalue weighted by atomic mass is 19.4. The molecule has 2 aromatic rings. The highest BCUT2D eigenvalue weighted by Gasteiger charge is 2.29. The number of halogens is 3. The average molecular weight is 277 g/mol. The molecule has 0 unspecified atom stereocenters. The van der Waals surface area contributed by atoms with Gasteiger partial charge in [0.1, 0.15) is 11.9 Å². The molecule has 20 heavy (non-hydrogen) atoms. The van der Waals surface area contributed by atoms with E-state index in [9.17, 15) is 13.2 Å². The zero-order valence-electron chi connectivity index (χ0n) is 10.3. The minimum atomic E-state index is -4.32. The van der Waals surface area contributed by atoms with Crippen molar-refractivity contribution in [2.75, 3.05) is 5.32 Å². The minimum Gasteiger partial charge on any atom is -0.366 e. The monoisotopic (exact) mass is 277 g/mol. The van der Waals surface area contributed by atoms with Crippen molar-refractivity contribution in [1.29, 1.82) is 5.26 Å². The van der Waals surface area contributed by atoms with Gasteiger partial charge < -0.3 is 5.32 Å². The summed E-state index contributed by atoms with van der Waals surface area (Å²) >= 11 is 0. The average Bonchev–Trinajstić information content (AvgIpc) is 2.45. The molecule has 0 radical (unpaired) electrons. The van der Waals surface area contributed by atoms with Gasteiger partial charge in [-0.25, -0.2) is 4.98 Å². The molecule has 0 aliphatic heterocycles. The largest absolute Gasteiger partial charge is 0.416 e. The molecule has 0 saturated heterocycles. The lowest BCUT2D eigenvalue weighted by molar-refractivity contribution is -0.137. The Hall–Kier alpha value is -2.55. The van der Waals surface area contributed by atoms with E-state index >= 15 is 0 Å². The molecule has 0 bridgehead atoms. The predicted octanol–water partition coefficient (Wildman–Crippen LogP) is 3.58. The zero-order valence-corrected chi connectivity index (χ0v) is 10.3. The Morgan fingerprint density at radius 3 is 2.30 bits per heavy atom. The normalized spacial score (nSPS) is 10.9. The number of rotatable bonds is 3. The predicted molar refractivity (Wildman–Crippen MR) is 67.7 cm³/mol. The second-order valence-electron chi connectivity index (χ2n) is 4.09. The standard InChI is InChI=1S/C14H10F3N3/c15-14(16,17)12-4-1-10(2-5-12)8-19-13-6-3-11(7-18)9-20-13/h1-6,9H,8H2,(H,19,20). The molecule has 0 amide bonds. The third-order valence-corrected chi connectivity index (χ3v) is 2.65. The van der Waals surface area contributed by atoms with E-state index in [1.165, 1.54) is 18.3 Å². The van der Waals surface area contributed by atoms with Crippen molar-refractivity contribution in [2.24, 2.45) is 0 Å². The fourth-order valence-corrected chi connectivity index (χ4v) is 1.57. The molecular formula is C14H10F3N3. The molecule has 3 nitrogen and oxygen atoms in total. The van der Waals surface area contributed by atoms with Gasteiger partial charge in [-0.05, 0) is 29.8 Å². The quantitative estimate of drug-likeness (QED) is 0.932. The van der Waals surface area contributed by atoms with E-state index in [-0.39, 0.29) is 0 Å². The molecule has 1 heterocycles. The summed E-state index contributed by atoms with van der Waals surface area (Å²) in [5.74, 6) is 0.559. The zero-order chi connectivity index (χ0) is 14.6. The van der Waals surface area contributed by atoms with Gasteiger partial charge in [0.2, 0.25) is 0 Å². The van der Waals surface area contributed by atoms with Gasteiger partial charge in [-0.2, -0.15) is 18.4 Å². The summed E-state index contributed by atoms with van der Waals surface area (Å²) in [6.45, 7) is 0.358. The Morgan fingerprint density at radius 1 is 1.10 bits per heavy atom. The molecule has 0 aliphatic carbocycles. The summed E-state index contributed by atoms with van der Waals surface area (Å²) in [5.41, 5.74) is 0.493. The molecule has 1 N–H and O–H groups in total. The Balaban J connectivity index is 1.98. The number of nitriles is 1. The highest BCUT2D eigenvalue weighted by molar-refractivity contribution is 5.40. The third kappa shape index (κ3) is 3.48. The number of hydrogen-bond donors (Lipinski definition) is 1. The first-order chi connectivity index (χ1) is 9.49. The van der Waals surface area contributed by atoms with Gasteiger partial charge in [0.25, 0.3) is 0 Å². The van der Waals surface area contributed by atoms with Gasteiger partial charge in [-0.1, -0.05) is 12.1 Å². The number of pyridine rings is 1. The van der Waals surface area contributed by atoms with E-state index in [1.54, 1.807) is 12.1 Å². The van der Waals surface area contributed by atoms with Gasteiger partial charge in [-0.15, -0.1) is 0 Å². The summed E-state index contributed by atoms with van der Waals surface area (Å²) in [6, 6.07) is 10.1. The number of benzene rings is 1. The van der Waals surface area contributed by atoms with Crippen LogP contribution in [0.5, 0.6) is 0 Å². The van der Waals surface area contributed by atoms with Gasteiger partial charge in [0.05, 0.1) is 11.1 Å². The fraction of sp³-hybridized carbons (Fsp3) is 0.143.